The summed E-state index contributed by atoms with van der Waals surface area (Å²) in [6, 6.07) is 2.69. The molecule has 1 amide bonds. The van der Waals surface area contributed by atoms with Gasteiger partial charge < -0.3 is 15.1 Å². The smallest absolute Gasteiger partial charge is 0.244 e. The minimum atomic E-state index is -4.06. The van der Waals surface area contributed by atoms with Crippen LogP contribution < -0.4 is 0 Å². The number of amides is 1. The number of β-amino-alcohol motifs (C(OH)–C–C–N with tert-alkyl or cyclic N) is 1. The Morgan fingerprint density at radius 2 is 1.78 bits per heavy atom. The molecule has 2 bridgehead atoms. The lowest BCUT2D eigenvalue weighted by atomic mass is 9.91. The van der Waals surface area contributed by atoms with Gasteiger partial charge >= 0.3 is 0 Å². The second-order valence-corrected chi connectivity index (χ2v) is 9.62. The van der Waals surface area contributed by atoms with Crippen molar-refractivity contribution in [3.05, 3.63) is 28.2 Å². The summed E-state index contributed by atoms with van der Waals surface area (Å²) in [6.07, 6.45) is 1.63. The topological polar surface area (TPSA) is 98.1 Å². The van der Waals surface area contributed by atoms with Gasteiger partial charge in [0.05, 0.1) is 11.5 Å². The number of aliphatic hydroxyl groups is 2. The zero-order valence-electron chi connectivity index (χ0n) is 14.6. The summed E-state index contributed by atoms with van der Waals surface area (Å²) in [4.78, 5) is 14.4. The van der Waals surface area contributed by atoms with Gasteiger partial charge in [0.1, 0.15) is 6.04 Å². The lowest BCUT2D eigenvalue weighted by molar-refractivity contribution is -0.135. The molecular formula is C17H22Cl2N2O5S. The second kappa shape index (κ2) is 8.23. The van der Waals surface area contributed by atoms with E-state index in [4.69, 9.17) is 23.2 Å². The van der Waals surface area contributed by atoms with Crippen molar-refractivity contribution in [2.24, 2.45) is 5.92 Å². The van der Waals surface area contributed by atoms with Gasteiger partial charge in [0.2, 0.25) is 15.9 Å². The molecule has 1 unspecified atom stereocenters. The molecule has 2 heterocycles. The standard InChI is InChI=1S/C17H22Cl2N2O5S/c18-12-6-13(19)8-14(7-12)27(25,26)21-15-2-1-3-16(21)17(24)20(4-5-22)9-11(15)10-23/h6-8,11,15-16,22-23H,1-5,9-10H2/t11-,15+,16?/m1/s1. The molecule has 0 saturated carbocycles. The fourth-order valence-electron chi connectivity index (χ4n) is 4.03. The Hall–Kier alpha value is -0.900. The largest absolute Gasteiger partial charge is 0.396 e. The molecule has 1 aromatic rings. The molecule has 0 aromatic heterocycles. The first-order chi connectivity index (χ1) is 12.8. The van der Waals surface area contributed by atoms with Gasteiger partial charge in [-0.15, -0.1) is 0 Å². The monoisotopic (exact) mass is 436 g/mol. The summed E-state index contributed by atoms with van der Waals surface area (Å²) in [6.45, 7) is -0.165. The Kier molecular flexibility index (Phi) is 6.34. The van der Waals surface area contributed by atoms with E-state index in [1.165, 1.54) is 27.4 Å². The van der Waals surface area contributed by atoms with E-state index in [2.05, 4.69) is 0 Å². The molecule has 2 aliphatic rings. The highest BCUT2D eigenvalue weighted by Gasteiger charge is 2.49. The number of hydrogen-bond donors (Lipinski definition) is 2. The molecule has 3 rings (SSSR count). The minimum absolute atomic E-state index is 0.0722. The summed E-state index contributed by atoms with van der Waals surface area (Å²) in [5, 5.41) is 19.5. The molecule has 2 aliphatic heterocycles. The third kappa shape index (κ3) is 3.97. The van der Waals surface area contributed by atoms with Crippen molar-refractivity contribution < 1.29 is 23.4 Å². The highest BCUT2D eigenvalue weighted by molar-refractivity contribution is 7.89. The number of piperidine rings is 1. The Labute approximate surface area is 168 Å². The maximum atomic E-state index is 13.4. The predicted octanol–water partition coefficient (Wildman–Crippen LogP) is 1.35. The number of sulfonamides is 1. The zero-order chi connectivity index (χ0) is 19.8. The number of carbonyl (C=O) groups excluding carboxylic acids is 1. The number of rotatable bonds is 5. The van der Waals surface area contributed by atoms with Crippen molar-refractivity contribution in [3.8, 4) is 0 Å². The van der Waals surface area contributed by atoms with Gasteiger partial charge in [-0.05, 0) is 37.5 Å². The summed E-state index contributed by atoms with van der Waals surface area (Å²) in [5.41, 5.74) is 0. The molecule has 0 spiro atoms. The molecule has 7 nitrogen and oxygen atoms in total. The summed E-state index contributed by atoms with van der Waals surface area (Å²) >= 11 is 12.0. The number of carbonyl (C=O) groups is 1. The highest BCUT2D eigenvalue weighted by Crippen LogP contribution is 2.37. The molecular weight excluding hydrogens is 415 g/mol. The van der Waals surface area contributed by atoms with E-state index >= 15 is 0 Å². The van der Waals surface area contributed by atoms with Gasteiger partial charge in [-0.25, -0.2) is 8.42 Å². The van der Waals surface area contributed by atoms with Crippen LogP contribution in [0.15, 0.2) is 23.1 Å². The zero-order valence-corrected chi connectivity index (χ0v) is 16.9. The van der Waals surface area contributed by atoms with Crippen LogP contribution in [0.2, 0.25) is 10.0 Å². The van der Waals surface area contributed by atoms with Crippen LogP contribution in [0.4, 0.5) is 0 Å². The number of nitrogens with zero attached hydrogens (tertiary/aromatic N) is 2. The Morgan fingerprint density at radius 3 is 2.37 bits per heavy atom. The average molecular weight is 437 g/mol. The first-order valence-electron chi connectivity index (χ1n) is 8.79. The second-order valence-electron chi connectivity index (χ2n) is 6.90. The van der Waals surface area contributed by atoms with Gasteiger partial charge in [0, 0.05) is 41.7 Å². The number of aliphatic hydroxyl groups excluding tert-OH is 2. The quantitative estimate of drug-likeness (QED) is 0.725. The number of halogens is 2. The molecule has 0 radical (unpaired) electrons. The van der Waals surface area contributed by atoms with E-state index in [0.29, 0.717) is 19.3 Å². The molecule has 2 saturated heterocycles. The molecule has 27 heavy (non-hydrogen) atoms. The van der Waals surface area contributed by atoms with E-state index in [1.54, 1.807) is 0 Å². The van der Waals surface area contributed by atoms with Gasteiger partial charge in [0.25, 0.3) is 0 Å². The van der Waals surface area contributed by atoms with E-state index in [9.17, 15) is 23.4 Å². The van der Waals surface area contributed by atoms with Crippen molar-refractivity contribution >= 4 is 39.1 Å². The van der Waals surface area contributed by atoms with E-state index in [0.717, 1.165) is 0 Å². The molecule has 3 atom stereocenters. The lowest BCUT2D eigenvalue weighted by Gasteiger charge is -2.40. The van der Waals surface area contributed by atoms with Gasteiger partial charge in [-0.1, -0.05) is 23.2 Å². The van der Waals surface area contributed by atoms with Crippen molar-refractivity contribution in [1.82, 2.24) is 9.21 Å². The molecule has 2 N–H and O–H groups in total. The number of fused-ring (bicyclic) bond motifs is 2. The van der Waals surface area contributed by atoms with Crippen molar-refractivity contribution in [2.45, 2.75) is 36.2 Å². The Morgan fingerprint density at radius 1 is 1.11 bits per heavy atom. The lowest BCUT2D eigenvalue weighted by Crippen LogP contribution is -2.55. The average Bonchev–Trinajstić information content (AvgIpc) is 2.68. The third-order valence-corrected chi connectivity index (χ3v) is 7.57. The van der Waals surface area contributed by atoms with Crippen LogP contribution in [-0.2, 0) is 14.8 Å². The maximum Gasteiger partial charge on any atom is 0.244 e. The van der Waals surface area contributed by atoms with E-state index in [1.807, 2.05) is 0 Å². The molecule has 10 heteroatoms. The van der Waals surface area contributed by atoms with Crippen LogP contribution in [0.5, 0.6) is 0 Å². The van der Waals surface area contributed by atoms with Crippen molar-refractivity contribution in [1.29, 1.82) is 0 Å². The number of benzene rings is 1. The summed E-state index contributed by atoms with van der Waals surface area (Å²) in [5.74, 6) is -0.781. The van der Waals surface area contributed by atoms with Gasteiger partial charge in [-0.3, -0.25) is 4.79 Å². The minimum Gasteiger partial charge on any atom is -0.396 e. The molecule has 150 valence electrons. The highest BCUT2D eigenvalue weighted by atomic mass is 35.5. The van der Waals surface area contributed by atoms with Crippen LogP contribution in [0.25, 0.3) is 0 Å². The maximum absolute atomic E-state index is 13.4. The van der Waals surface area contributed by atoms with Crippen molar-refractivity contribution in [2.75, 3.05) is 26.3 Å². The fraction of sp³-hybridized carbons (Fsp3) is 0.588. The normalized spacial score (nSPS) is 26.9. The SMILES string of the molecule is O=C1C2CCC[C@@H]([C@@H](CO)CN1CCO)N2S(=O)(=O)c1cc(Cl)cc(Cl)c1. The first-order valence-corrected chi connectivity index (χ1v) is 11.0. The van der Waals surface area contributed by atoms with E-state index < -0.39 is 28.0 Å². The van der Waals surface area contributed by atoms with Crippen molar-refractivity contribution in [3.63, 3.8) is 0 Å². The third-order valence-electron chi connectivity index (χ3n) is 5.22. The summed E-state index contributed by atoms with van der Waals surface area (Å²) < 4.78 is 28.1. The number of hydrogen-bond acceptors (Lipinski definition) is 5. The molecule has 2 fully saturated rings. The Bertz CT molecular complexity index is 799. The van der Waals surface area contributed by atoms with Crippen LogP contribution in [0, 0.1) is 5.92 Å². The van der Waals surface area contributed by atoms with Crippen LogP contribution >= 0.6 is 23.2 Å². The molecule has 1 aromatic carbocycles. The summed E-state index contributed by atoms with van der Waals surface area (Å²) in [7, 11) is -4.06. The van der Waals surface area contributed by atoms with Crippen LogP contribution in [0.3, 0.4) is 0 Å². The molecule has 0 aliphatic carbocycles. The van der Waals surface area contributed by atoms with Crippen LogP contribution in [-0.4, -0.2) is 72.1 Å². The van der Waals surface area contributed by atoms with E-state index in [-0.39, 0.29) is 47.2 Å². The van der Waals surface area contributed by atoms with Crippen LogP contribution in [0.1, 0.15) is 19.3 Å². The first kappa shape index (κ1) is 20.8. The van der Waals surface area contributed by atoms with Gasteiger partial charge in [-0.2, -0.15) is 4.31 Å². The fourth-order valence-corrected chi connectivity index (χ4v) is 6.65. The predicted molar refractivity (Wildman–Crippen MR) is 101 cm³/mol. The van der Waals surface area contributed by atoms with Gasteiger partial charge in [0.15, 0.2) is 0 Å². The Balaban J connectivity index is 2.10.